The van der Waals surface area contributed by atoms with E-state index in [9.17, 15) is 13.5 Å². The van der Waals surface area contributed by atoms with Gasteiger partial charge in [0.25, 0.3) is 0 Å². The fraction of sp³-hybridized carbons (Fsp3) is 0.765. The van der Waals surface area contributed by atoms with Crippen LogP contribution in [0.5, 0.6) is 0 Å². The standard InChI is InChI=1S/C17H29N5O3S/c1-12(2)21-26(24,25)10-7-18-16-14-11-13(23)5-6-15(14)19-17(20-16)22-8-3-4-9-22/h12-13,21,23H,3-11H2,1-2H3,(H,18,19,20). The van der Waals surface area contributed by atoms with Crippen LogP contribution in [-0.2, 0) is 22.9 Å². The van der Waals surface area contributed by atoms with Gasteiger partial charge in [-0.15, -0.1) is 0 Å². The highest BCUT2D eigenvalue weighted by Crippen LogP contribution is 2.29. The number of aromatic nitrogens is 2. The predicted octanol–water partition coefficient (Wildman–Crippen LogP) is 0.666. The van der Waals surface area contributed by atoms with Gasteiger partial charge in [0.2, 0.25) is 16.0 Å². The summed E-state index contributed by atoms with van der Waals surface area (Å²) < 4.78 is 26.6. The lowest BCUT2D eigenvalue weighted by Crippen LogP contribution is -2.34. The normalized spacial score (nSPS) is 20.5. The van der Waals surface area contributed by atoms with E-state index in [0.717, 1.165) is 43.6 Å². The summed E-state index contributed by atoms with van der Waals surface area (Å²) >= 11 is 0. The van der Waals surface area contributed by atoms with Gasteiger partial charge in [0, 0.05) is 37.7 Å². The largest absolute Gasteiger partial charge is 0.393 e. The van der Waals surface area contributed by atoms with E-state index in [-0.39, 0.29) is 18.3 Å². The van der Waals surface area contributed by atoms with E-state index in [0.29, 0.717) is 24.6 Å². The molecule has 26 heavy (non-hydrogen) atoms. The van der Waals surface area contributed by atoms with Crippen LogP contribution in [0.15, 0.2) is 0 Å². The molecule has 2 heterocycles. The van der Waals surface area contributed by atoms with Crippen molar-refractivity contribution in [2.45, 2.75) is 58.1 Å². The molecule has 8 nitrogen and oxygen atoms in total. The third kappa shape index (κ3) is 4.83. The molecule has 0 amide bonds. The van der Waals surface area contributed by atoms with Crippen molar-refractivity contribution in [3.63, 3.8) is 0 Å². The molecule has 2 aliphatic rings. The molecule has 1 aromatic heterocycles. The van der Waals surface area contributed by atoms with Gasteiger partial charge in [-0.1, -0.05) is 0 Å². The van der Waals surface area contributed by atoms with Crippen LogP contribution < -0.4 is 14.9 Å². The topological polar surface area (TPSA) is 107 Å². The molecular formula is C17H29N5O3S. The second-order valence-electron chi connectivity index (χ2n) is 7.41. The van der Waals surface area contributed by atoms with Crippen LogP contribution in [0.4, 0.5) is 11.8 Å². The first-order valence-electron chi connectivity index (χ1n) is 9.41. The van der Waals surface area contributed by atoms with Crippen LogP contribution in [0, 0.1) is 0 Å². The highest BCUT2D eigenvalue weighted by atomic mass is 32.2. The zero-order valence-electron chi connectivity index (χ0n) is 15.5. The first-order valence-corrected chi connectivity index (χ1v) is 11.1. The molecule has 1 aliphatic carbocycles. The number of hydrogen-bond donors (Lipinski definition) is 3. The minimum Gasteiger partial charge on any atom is -0.393 e. The predicted molar refractivity (Wildman–Crippen MR) is 102 cm³/mol. The Balaban J connectivity index is 1.77. The van der Waals surface area contributed by atoms with Crippen LogP contribution in [-0.4, -0.2) is 61.0 Å². The van der Waals surface area contributed by atoms with Crippen LogP contribution >= 0.6 is 0 Å². The van der Waals surface area contributed by atoms with Gasteiger partial charge in [0.15, 0.2) is 0 Å². The Labute approximate surface area is 155 Å². The van der Waals surface area contributed by atoms with Gasteiger partial charge < -0.3 is 15.3 Å². The van der Waals surface area contributed by atoms with Gasteiger partial charge in [0.1, 0.15) is 5.82 Å². The first-order chi connectivity index (χ1) is 12.3. The van der Waals surface area contributed by atoms with Gasteiger partial charge in [-0.05, 0) is 39.5 Å². The quantitative estimate of drug-likeness (QED) is 0.635. The molecule has 3 rings (SSSR count). The number of nitrogens with one attached hydrogen (secondary N) is 2. The molecule has 1 fully saturated rings. The maximum atomic E-state index is 12.0. The van der Waals surface area contributed by atoms with Crippen LogP contribution in [0.2, 0.25) is 0 Å². The number of anilines is 2. The van der Waals surface area contributed by atoms with Gasteiger partial charge in [-0.2, -0.15) is 4.98 Å². The smallest absolute Gasteiger partial charge is 0.227 e. The highest BCUT2D eigenvalue weighted by Gasteiger charge is 2.25. The van der Waals surface area contributed by atoms with Crippen LogP contribution in [0.3, 0.4) is 0 Å². The second-order valence-corrected chi connectivity index (χ2v) is 9.28. The van der Waals surface area contributed by atoms with Crippen molar-refractivity contribution in [1.29, 1.82) is 0 Å². The number of aryl methyl sites for hydroxylation is 1. The summed E-state index contributed by atoms with van der Waals surface area (Å²) in [6.45, 7) is 5.77. The molecule has 0 bridgehead atoms. The summed E-state index contributed by atoms with van der Waals surface area (Å²) in [7, 11) is -3.32. The van der Waals surface area contributed by atoms with Crippen molar-refractivity contribution in [1.82, 2.24) is 14.7 Å². The van der Waals surface area contributed by atoms with E-state index < -0.39 is 16.1 Å². The summed E-state index contributed by atoms with van der Waals surface area (Å²) in [6.07, 6.45) is 3.82. The fourth-order valence-corrected chi connectivity index (χ4v) is 4.71. The number of aliphatic hydroxyl groups excluding tert-OH is 1. The van der Waals surface area contributed by atoms with Gasteiger partial charge in [0.05, 0.1) is 17.6 Å². The molecule has 0 aromatic carbocycles. The second kappa shape index (κ2) is 8.06. The van der Waals surface area contributed by atoms with E-state index in [1.807, 2.05) is 0 Å². The molecule has 1 saturated heterocycles. The SMILES string of the molecule is CC(C)NS(=O)(=O)CCNc1nc(N2CCCC2)nc2c1CC(O)CC2. The molecule has 1 aromatic rings. The van der Waals surface area contributed by atoms with Crippen molar-refractivity contribution in [2.24, 2.45) is 0 Å². The minimum atomic E-state index is -3.32. The number of aliphatic hydroxyl groups is 1. The summed E-state index contributed by atoms with van der Waals surface area (Å²) in [4.78, 5) is 11.6. The summed E-state index contributed by atoms with van der Waals surface area (Å²) in [5.74, 6) is 1.35. The maximum absolute atomic E-state index is 12.0. The van der Waals surface area contributed by atoms with Crippen molar-refractivity contribution in [2.75, 3.05) is 35.6 Å². The number of nitrogens with zero attached hydrogens (tertiary/aromatic N) is 3. The Morgan fingerprint density at radius 2 is 2.00 bits per heavy atom. The third-order valence-electron chi connectivity index (χ3n) is 4.70. The molecule has 3 N–H and O–H groups in total. The lowest BCUT2D eigenvalue weighted by Gasteiger charge is -2.25. The minimum absolute atomic E-state index is 0.0223. The van der Waals surface area contributed by atoms with Gasteiger partial charge >= 0.3 is 0 Å². The first kappa shape index (κ1) is 19.3. The van der Waals surface area contributed by atoms with Gasteiger partial charge in [-0.3, -0.25) is 0 Å². The molecule has 146 valence electrons. The van der Waals surface area contributed by atoms with E-state index >= 15 is 0 Å². The van der Waals surface area contributed by atoms with E-state index in [2.05, 4.69) is 19.9 Å². The number of rotatable bonds is 7. The average Bonchev–Trinajstić information content (AvgIpc) is 3.08. The molecule has 1 atom stereocenters. The monoisotopic (exact) mass is 383 g/mol. The Bertz CT molecular complexity index is 732. The number of sulfonamides is 1. The number of hydrogen-bond acceptors (Lipinski definition) is 7. The maximum Gasteiger partial charge on any atom is 0.227 e. The molecule has 0 spiro atoms. The molecule has 1 aliphatic heterocycles. The Hall–Kier alpha value is -1.45. The molecule has 0 saturated carbocycles. The Morgan fingerprint density at radius 1 is 1.27 bits per heavy atom. The van der Waals surface area contributed by atoms with Crippen LogP contribution in [0.25, 0.3) is 0 Å². The van der Waals surface area contributed by atoms with Crippen LogP contribution in [0.1, 0.15) is 44.4 Å². The molecular weight excluding hydrogens is 354 g/mol. The van der Waals surface area contributed by atoms with E-state index in [1.54, 1.807) is 13.8 Å². The average molecular weight is 384 g/mol. The fourth-order valence-electron chi connectivity index (χ4n) is 3.51. The molecule has 0 radical (unpaired) electrons. The molecule has 9 heteroatoms. The Morgan fingerprint density at radius 3 is 2.69 bits per heavy atom. The van der Waals surface area contributed by atoms with E-state index in [1.165, 1.54) is 0 Å². The summed E-state index contributed by atoms with van der Waals surface area (Å²) in [5, 5.41) is 13.2. The third-order valence-corrected chi connectivity index (χ3v) is 6.27. The van der Waals surface area contributed by atoms with Crippen molar-refractivity contribution in [3.05, 3.63) is 11.3 Å². The van der Waals surface area contributed by atoms with Gasteiger partial charge in [-0.25, -0.2) is 18.1 Å². The summed E-state index contributed by atoms with van der Waals surface area (Å²) in [5.41, 5.74) is 1.89. The molecule has 1 unspecified atom stereocenters. The van der Waals surface area contributed by atoms with Crippen molar-refractivity contribution < 1.29 is 13.5 Å². The lowest BCUT2D eigenvalue weighted by molar-refractivity contribution is 0.158. The van der Waals surface area contributed by atoms with E-state index in [4.69, 9.17) is 4.98 Å². The highest BCUT2D eigenvalue weighted by molar-refractivity contribution is 7.89. The summed E-state index contributed by atoms with van der Waals surface area (Å²) in [6, 6.07) is -0.122. The Kier molecular flexibility index (Phi) is 5.99. The zero-order valence-corrected chi connectivity index (χ0v) is 16.3. The lowest BCUT2D eigenvalue weighted by atomic mass is 9.94. The van der Waals surface area contributed by atoms with Crippen molar-refractivity contribution in [3.8, 4) is 0 Å². The zero-order chi connectivity index (χ0) is 18.7. The van der Waals surface area contributed by atoms with Crippen molar-refractivity contribution >= 4 is 21.8 Å². The number of fused-ring (bicyclic) bond motifs is 1.